The van der Waals surface area contributed by atoms with E-state index < -0.39 is 0 Å². The Morgan fingerprint density at radius 2 is 1.84 bits per heavy atom. The Balaban J connectivity index is 1.79. The van der Waals surface area contributed by atoms with Crippen LogP contribution in [0.15, 0.2) is 0 Å². The van der Waals surface area contributed by atoms with Crippen LogP contribution >= 0.6 is 0 Å². The fourth-order valence-corrected chi connectivity index (χ4v) is 3.60. The van der Waals surface area contributed by atoms with Crippen LogP contribution in [-0.2, 0) is 4.74 Å². The van der Waals surface area contributed by atoms with E-state index in [1.807, 2.05) is 0 Å². The van der Waals surface area contributed by atoms with Crippen molar-refractivity contribution >= 4 is 0 Å². The molecule has 2 saturated carbocycles. The van der Waals surface area contributed by atoms with Crippen LogP contribution < -0.4 is 5.32 Å². The summed E-state index contributed by atoms with van der Waals surface area (Å²) in [6, 6.07) is 0.569. The third-order valence-corrected chi connectivity index (χ3v) is 5.47. The molecule has 3 atom stereocenters. The molecule has 0 heterocycles. The first kappa shape index (κ1) is 15.3. The summed E-state index contributed by atoms with van der Waals surface area (Å²) in [5, 5.41) is 3.47. The van der Waals surface area contributed by atoms with Gasteiger partial charge in [0.2, 0.25) is 0 Å². The van der Waals surface area contributed by atoms with Crippen LogP contribution in [0.3, 0.4) is 0 Å². The van der Waals surface area contributed by atoms with Crippen molar-refractivity contribution in [3.8, 4) is 0 Å². The minimum Gasteiger partial charge on any atom is -0.377 e. The van der Waals surface area contributed by atoms with Gasteiger partial charge < -0.3 is 10.1 Å². The molecule has 0 bridgehead atoms. The van der Waals surface area contributed by atoms with Gasteiger partial charge in [-0.2, -0.15) is 0 Å². The van der Waals surface area contributed by atoms with Gasteiger partial charge in [-0.1, -0.05) is 40.0 Å². The van der Waals surface area contributed by atoms with E-state index in [2.05, 4.69) is 33.1 Å². The average molecular weight is 267 g/mol. The molecule has 112 valence electrons. The first-order chi connectivity index (χ1) is 9.00. The van der Waals surface area contributed by atoms with Crippen molar-refractivity contribution in [3.05, 3.63) is 0 Å². The van der Waals surface area contributed by atoms with Crippen molar-refractivity contribution in [3.63, 3.8) is 0 Å². The molecule has 2 fully saturated rings. The lowest BCUT2D eigenvalue weighted by atomic mass is 9.70. The predicted octanol–water partition coefficient (Wildman–Crippen LogP) is 4.00. The molecule has 1 N–H and O–H groups in total. The number of hydrogen-bond donors (Lipinski definition) is 1. The lowest BCUT2D eigenvalue weighted by Gasteiger charge is -2.41. The maximum atomic E-state index is 6.26. The van der Waals surface area contributed by atoms with Gasteiger partial charge in [-0.15, -0.1) is 0 Å². The van der Waals surface area contributed by atoms with Crippen LogP contribution in [0.5, 0.6) is 0 Å². The highest BCUT2D eigenvalue weighted by atomic mass is 16.5. The summed E-state index contributed by atoms with van der Waals surface area (Å²) in [7, 11) is 2.09. The largest absolute Gasteiger partial charge is 0.377 e. The molecule has 0 spiro atoms. The van der Waals surface area contributed by atoms with Crippen LogP contribution in [0.4, 0.5) is 0 Å². The number of nitrogens with one attached hydrogen (secondary N) is 1. The Morgan fingerprint density at radius 3 is 2.37 bits per heavy atom. The standard InChI is InChI=1S/C17H33NO/c1-17(2,3)14-8-9-15(18-4)16(12-14)19-11-10-13-6-5-7-13/h13-16,18H,5-12H2,1-4H3. The molecule has 0 saturated heterocycles. The zero-order chi connectivity index (χ0) is 13.9. The molecular formula is C17H33NO. The third-order valence-electron chi connectivity index (χ3n) is 5.47. The SMILES string of the molecule is CNC1CCC(C(C)(C)C)CC1OCCC1CCC1. The van der Waals surface area contributed by atoms with E-state index in [1.165, 1.54) is 44.9 Å². The molecule has 0 aromatic heterocycles. The molecule has 2 rings (SSSR count). The van der Waals surface area contributed by atoms with Crippen LogP contribution in [0.1, 0.15) is 65.7 Å². The normalized spacial score (nSPS) is 33.2. The Hall–Kier alpha value is -0.0800. The lowest BCUT2D eigenvalue weighted by Crippen LogP contribution is -2.46. The van der Waals surface area contributed by atoms with Gasteiger partial charge >= 0.3 is 0 Å². The quantitative estimate of drug-likeness (QED) is 0.813. The number of ether oxygens (including phenoxy) is 1. The number of hydrogen-bond acceptors (Lipinski definition) is 2. The molecule has 0 aromatic rings. The summed E-state index contributed by atoms with van der Waals surface area (Å²) in [5.74, 6) is 1.78. The van der Waals surface area contributed by atoms with Crippen molar-refractivity contribution < 1.29 is 4.74 Å². The first-order valence-corrected chi connectivity index (χ1v) is 8.29. The van der Waals surface area contributed by atoms with E-state index in [-0.39, 0.29) is 0 Å². The summed E-state index contributed by atoms with van der Waals surface area (Å²) < 4.78 is 6.26. The van der Waals surface area contributed by atoms with Gasteiger partial charge in [0.25, 0.3) is 0 Å². The van der Waals surface area contributed by atoms with E-state index in [0.717, 1.165) is 18.4 Å². The van der Waals surface area contributed by atoms with Gasteiger partial charge in [-0.25, -0.2) is 0 Å². The van der Waals surface area contributed by atoms with Gasteiger partial charge in [0.1, 0.15) is 0 Å². The van der Waals surface area contributed by atoms with Crippen molar-refractivity contribution in [2.24, 2.45) is 17.3 Å². The van der Waals surface area contributed by atoms with Crippen LogP contribution in [0, 0.1) is 17.3 Å². The first-order valence-electron chi connectivity index (χ1n) is 8.29. The van der Waals surface area contributed by atoms with Gasteiger partial charge in [-0.3, -0.25) is 0 Å². The van der Waals surface area contributed by atoms with Gasteiger partial charge in [0.05, 0.1) is 6.10 Å². The molecule has 2 aliphatic rings. The Morgan fingerprint density at radius 1 is 1.11 bits per heavy atom. The van der Waals surface area contributed by atoms with Gasteiger partial charge in [0.15, 0.2) is 0 Å². The zero-order valence-corrected chi connectivity index (χ0v) is 13.4. The van der Waals surface area contributed by atoms with Crippen LogP contribution in [0.2, 0.25) is 0 Å². The number of rotatable bonds is 5. The van der Waals surface area contributed by atoms with Crippen molar-refractivity contribution in [2.75, 3.05) is 13.7 Å². The highest BCUT2D eigenvalue weighted by Crippen LogP contribution is 2.39. The van der Waals surface area contributed by atoms with Crippen LogP contribution in [-0.4, -0.2) is 25.8 Å². The maximum Gasteiger partial charge on any atom is 0.0730 e. The molecule has 0 aliphatic heterocycles. The summed E-state index contributed by atoms with van der Waals surface area (Å²) >= 11 is 0. The molecular weight excluding hydrogens is 234 g/mol. The monoisotopic (exact) mass is 267 g/mol. The molecule has 0 amide bonds. The minimum absolute atomic E-state index is 0.425. The highest BCUT2D eigenvalue weighted by molar-refractivity contribution is 4.89. The Labute approximate surface area is 119 Å². The second-order valence-electron chi connectivity index (χ2n) is 7.77. The molecule has 2 heteroatoms. The van der Waals surface area contributed by atoms with E-state index in [9.17, 15) is 0 Å². The Kier molecular flexibility index (Phi) is 5.30. The van der Waals surface area contributed by atoms with E-state index in [0.29, 0.717) is 17.6 Å². The topological polar surface area (TPSA) is 21.3 Å². The van der Waals surface area contributed by atoms with Crippen molar-refractivity contribution in [2.45, 2.75) is 77.9 Å². The second-order valence-corrected chi connectivity index (χ2v) is 7.77. The van der Waals surface area contributed by atoms with E-state index >= 15 is 0 Å². The maximum absolute atomic E-state index is 6.26. The summed E-state index contributed by atoms with van der Waals surface area (Å²) in [4.78, 5) is 0. The molecule has 3 unspecified atom stereocenters. The minimum atomic E-state index is 0.425. The van der Waals surface area contributed by atoms with Crippen LogP contribution in [0.25, 0.3) is 0 Å². The molecule has 2 aliphatic carbocycles. The second kappa shape index (κ2) is 6.58. The van der Waals surface area contributed by atoms with Gasteiger partial charge in [-0.05, 0) is 50.0 Å². The predicted molar refractivity (Wildman–Crippen MR) is 81.3 cm³/mol. The highest BCUT2D eigenvalue weighted by Gasteiger charge is 2.35. The fraction of sp³-hybridized carbons (Fsp3) is 1.00. The summed E-state index contributed by atoms with van der Waals surface area (Å²) in [6.45, 7) is 8.11. The summed E-state index contributed by atoms with van der Waals surface area (Å²) in [6.07, 6.45) is 9.89. The lowest BCUT2D eigenvalue weighted by molar-refractivity contribution is -0.0328. The fourth-order valence-electron chi connectivity index (χ4n) is 3.60. The zero-order valence-electron chi connectivity index (χ0n) is 13.4. The summed E-state index contributed by atoms with van der Waals surface area (Å²) in [5.41, 5.74) is 0.425. The molecule has 0 radical (unpaired) electrons. The van der Waals surface area contributed by atoms with Crippen molar-refractivity contribution in [1.29, 1.82) is 0 Å². The van der Waals surface area contributed by atoms with E-state index in [4.69, 9.17) is 4.74 Å². The van der Waals surface area contributed by atoms with Crippen molar-refractivity contribution in [1.82, 2.24) is 5.32 Å². The van der Waals surface area contributed by atoms with E-state index in [1.54, 1.807) is 0 Å². The Bertz CT molecular complexity index is 267. The molecule has 2 nitrogen and oxygen atoms in total. The third kappa shape index (κ3) is 4.19. The molecule has 19 heavy (non-hydrogen) atoms. The molecule has 0 aromatic carbocycles. The smallest absolute Gasteiger partial charge is 0.0730 e. The average Bonchev–Trinajstić information content (AvgIpc) is 2.31. The number of likely N-dealkylation sites (N-methyl/N-ethyl adjacent to an activating group) is 1. The van der Waals surface area contributed by atoms with Gasteiger partial charge in [0, 0.05) is 12.6 Å².